The van der Waals surface area contributed by atoms with Crippen molar-refractivity contribution < 1.29 is 4.79 Å². The van der Waals surface area contributed by atoms with Crippen LogP contribution < -0.4 is 11.1 Å². The highest BCUT2D eigenvalue weighted by Gasteiger charge is 2.48. The fraction of sp³-hybridized carbons (Fsp3) is 0.611. The maximum atomic E-state index is 12.4. The van der Waals surface area contributed by atoms with Crippen LogP contribution in [0.2, 0.25) is 0 Å². The molecule has 114 valence electrons. The summed E-state index contributed by atoms with van der Waals surface area (Å²) in [5, 5.41) is 3.09. The maximum absolute atomic E-state index is 12.4. The van der Waals surface area contributed by atoms with E-state index < -0.39 is 0 Å². The zero-order chi connectivity index (χ0) is 15.0. The van der Waals surface area contributed by atoms with Crippen molar-refractivity contribution in [1.82, 2.24) is 5.32 Å². The first-order chi connectivity index (χ1) is 10.1. The number of nitrogens with two attached hydrogens (primary N) is 1. The van der Waals surface area contributed by atoms with Crippen molar-refractivity contribution in [2.45, 2.75) is 51.6 Å². The number of hydrogen-bond donors (Lipinski definition) is 2. The second-order valence-electron chi connectivity index (χ2n) is 7.05. The number of nitrogens with one attached hydrogen (secondary N) is 1. The number of amides is 1. The minimum absolute atomic E-state index is 0.0405. The van der Waals surface area contributed by atoms with Gasteiger partial charge < -0.3 is 11.1 Å². The van der Waals surface area contributed by atoms with Crippen LogP contribution in [0.5, 0.6) is 0 Å². The molecule has 0 radical (unpaired) electrons. The Morgan fingerprint density at radius 2 is 1.90 bits per heavy atom. The van der Waals surface area contributed by atoms with Crippen molar-refractivity contribution in [3.63, 3.8) is 0 Å². The first-order valence-electron chi connectivity index (χ1n) is 8.18. The summed E-state index contributed by atoms with van der Waals surface area (Å²) in [6, 6.07) is 8.59. The third-order valence-corrected chi connectivity index (χ3v) is 5.40. The molecule has 0 saturated heterocycles. The second-order valence-corrected chi connectivity index (χ2v) is 7.05. The molecule has 0 heterocycles. The molecule has 3 nitrogen and oxygen atoms in total. The topological polar surface area (TPSA) is 55.1 Å². The van der Waals surface area contributed by atoms with Crippen molar-refractivity contribution in [2.24, 2.45) is 23.5 Å². The minimum atomic E-state index is 0.0405. The van der Waals surface area contributed by atoms with Gasteiger partial charge in [-0.15, -0.1) is 0 Å². The lowest BCUT2D eigenvalue weighted by atomic mass is 9.84. The van der Waals surface area contributed by atoms with Gasteiger partial charge in [0, 0.05) is 12.6 Å². The Labute approximate surface area is 127 Å². The van der Waals surface area contributed by atoms with E-state index in [1.165, 1.54) is 18.4 Å². The predicted octanol–water partition coefficient (Wildman–Crippen LogP) is 2.80. The van der Waals surface area contributed by atoms with Gasteiger partial charge in [0.05, 0.1) is 5.92 Å². The molecule has 4 atom stereocenters. The van der Waals surface area contributed by atoms with Crippen LogP contribution in [0, 0.1) is 17.8 Å². The summed E-state index contributed by atoms with van der Waals surface area (Å²) >= 11 is 0. The SMILES string of the molecule is CC(C)c1ccc(CNC(=O)C2C3CCC(C3)C2N)cc1. The van der Waals surface area contributed by atoms with Gasteiger partial charge >= 0.3 is 0 Å². The zero-order valence-electron chi connectivity index (χ0n) is 13.0. The van der Waals surface area contributed by atoms with Crippen LogP contribution in [0.25, 0.3) is 0 Å². The highest BCUT2D eigenvalue weighted by molar-refractivity contribution is 5.80. The van der Waals surface area contributed by atoms with Crippen LogP contribution in [0.1, 0.15) is 50.2 Å². The van der Waals surface area contributed by atoms with Crippen LogP contribution in [0.3, 0.4) is 0 Å². The monoisotopic (exact) mass is 286 g/mol. The average Bonchev–Trinajstić information content (AvgIpc) is 3.06. The zero-order valence-corrected chi connectivity index (χ0v) is 13.0. The molecular formula is C18H26N2O. The maximum Gasteiger partial charge on any atom is 0.225 e. The summed E-state index contributed by atoms with van der Waals surface area (Å²) in [7, 11) is 0. The molecule has 3 N–H and O–H groups in total. The van der Waals surface area contributed by atoms with Crippen molar-refractivity contribution >= 4 is 5.91 Å². The van der Waals surface area contributed by atoms with Gasteiger partial charge in [-0.2, -0.15) is 0 Å². The molecule has 1 aromatic rings. The molecule has 2 aliphatic rings. The summed E-state index contributed by atoms with van der Waals surface area (Å²) in [4.78, 5) is 12.4. The minimum Gasteiger partial charge on any atom is -0.352 e. The molecule has 2 aliphatic carbocycles. The Morgan fingerprint density at radius 1 is 1.24 bits per heavy atom. The summed E-state index contributed by atoms with van der Waals surface area (Å²) < 4.78 is 0. The van der Waals surface area contributed by atoms with Gasteiger partial charge in [-0.05, 0) is 48.1 Å². The molecule has 0 aliphatic heterocycles. The predicted molar refractivity (Wildman–Crippen MR) is 84.7 cm³/mol. The molecule has 21 heavy (non-hydrogen) atoms. The summed E-state index contributed by atoms with van der Waals surface area (Å²) in [6.45, 7) is 4.98. The highest BCUT2D eigenvalue weighted by Crippen LogP contribution is 2.47. The molecular weight excluding hydrogens is 260 g/mol. The molecule has 1 aromatic carbocycles. The number of hydrogen-bond acceptors (Lipinski definition) is 2. The summed E-state index contributed by atoms with van der Waals surface area (Å²) in [6.07, 6.45) is 3.55. The molecule has 1 amide bonds. The van der Waals surface area contributed by atoms with E-state index in [1.54, 1.807) is 0 Å². The van der Waals surface area contributed by atoms with E-state index in [0.29, 0.717) is 24.3 Å². The molecule has 0 aromatic heterocycles. The van der Waals surface area contributed by atoms with E-state index in [1.807, 2.05) is 0 Å². The number of rotatable bonds is 4. The first-order valence-corrected chi connectivity index (χ1v) is 8.18. The Morgan fingerprint density at radius 3 is 2.48 bits per heavy atom. The van der Waals surface area contributed by atoms with Crippen molar-refractivity contribution in [2.75, 3.05) is 0 Å². The molecule has 2 fully saturated rings. The normalized spacial score (nSPS) is 30.9. The van der Waals surface area contributed by atoms with Crippen LogP contribution in [-0.4, -0.2) is 11.9 Å². The van der Waals surface area contributed by atoms with E-state index in [-0.39, 0.29) is 17.9 Å². The number of carbonyl (C=O) groups excluding carboxylic acids is 1. The summed E-state index contributed by atoms with van der Waals surface area (Å²) in [5.74, 6) is 1.84. The third kappa shape index (κ3) is 2.84. The van der Waals surface area contributed by atoms with Crippen LogP contribution >= 0.6 is 0 Å². The van der Waals surface area contributed by atoms with Crippen molar-refractivity contribution in [3.8, 4) is 0 Å². The van der Waals surface area contributed by atoms with E-state index in [9.17, 15) is 4.79 Å². The van der Waals surface area contributed by atoms with Gasteiger partial charge in [-0.3, -0.25) is 4.79 Å². The van der Waals surface area contributed by atoms with E-state index in [2.05, 4.69) is 43.4 Å². The van der Waals surface area contributed by atoms with E-state index in [4.69, 9.17) is 5.73 Å². The average molecular weight is 286 g/mol. The molecule has 3 rings (SSSR count). The number of carbonyl (C=O) groups is 1. The Hall–Kier alpha value is -1.35. The van der Waals surface area contributed by atoms with Gasteiger partial charge in [0.25, 0.3) is 0 Å². The van der Waals surface area contributed by atoms with Gasteiger partial charge in [0.15, 0.2) is 0 Å². The lowest BCUT2D eigenvalue weighted by molar-refractivity contribution is -0.127. The smallest absolute Gasteiger partial charge is 0.225 e. The van der Waals surface area contributed by atoms with Crippen molar-refractivity contribution in [1.29, 1.82) is 0 Å². The molecule has 2 saturated carbocycles. The number of fused-ring (bicyclic) bond motifs is 2. The largest absolute Gasteiger partial charge is 0.352 e. The second kappa shape index (κ2) is 5.80. The van der Waals surface area contributed by atoms with Gasteiger partial charge in [0.2, 0.25) is 5.91 Å². The lowest BCUT2D eigenvalue weighted by Gasteiger charge is -2.27. The fourth-order valence-corrected chi connectivity index (χ4v) is 4.05. The van der Waals surface area contributed by atoms with E-state index in [0.717, 1.165) is 12.0 Å². The fourth-order valence-electron chi connectivity index (χ4n) is 4.05. The summed E-state index contributed by atoms with van der Waals surface area (Å²) in [5.41, 5.74) is 8.72. The lowest BCUT2D eigenvalue weighted by Crippen LogP contribution is -2.45. The third-order valence-electron chi connectivity index (χ3n) is 5.40. The molecule has 2 bridgehead atoms. The van der Waals surface area contributed by atoms with Crippen LogP contribution in [0.15, 0.2) is 24.3 Å². The van der Waals surface area contributed by atoms with Gasteiger partial charge in [0.1, 0.15) is 0 Å². The number of benzene rings is 1. The van der Waals surface area contributed by atoms with E-state index >= 15 is 0 Å². The first kappa shape index (κ1) is 14.6. The van der Waals surface area contributed by atoms with Crippen molar-refractivity contribution in [3.05, 3.63) is 35.4 Å². The highest BCUT2D eigenvalue weighted by atomic mass is 16.1. The Kier molecular flexibility index (Phi) is 4.03. The van der Waals surface area contributed by atoms with Gasteiger partial charge in [-0.25, -0.2) is 0 Å². The molecule has 4 unspecified atom stereocenters. The Bertz CT molecular complexity index is 506. The van der Waals surface area contributed by atoms with Crippen LogP contribution in [0.4, 0.5) is 0 Å². The molecule has 3 heteroatoms. The van der Waals surface area contributed by atoms with Crippen LogP contribution in [-0.2, 0) is 11.3 Å². The van der Waals surface area contributed by atoms with Gasteiger partial charge in [-0.1, -0.05) is 38.1 Å². The quantitative estimate of drug-likeness (QED) is 0.894. The molecule has 0 spiro atoms. The Balaban J connectivity index is 1.56. The standard InChI is InChI=1S/C18H26N2O/c1-11(2)13-5-3-12(4-6-13)10-20-18(21)16-14-7-8-15(9-14)17(16)19/h3-6,11,14-17H,7-10,19H2,1-2H3,(H,20,21).